The minimum absolute atomic E-state index is 0.180. The van der Waals surface area contributed by atoms with Crippen molar-refractivity contribution in [2.75, 3.05) is 13.7 Å². The lowest BCUT2D eigenvalue weighted by atomic mass is 9.41. The Bertz CT molecular complexity index is 1470. The summed E-state index contributed by atoms with van der Waals surface area (Å²) in [5.74, 6) is -0.972. The van der Waals surface area contributed by atoms with Crippen LogP contribution in [0.1, 0.15) is 53.9 Å². The molecule has 6 fully saturated rings. The van der Waals surface area contributed by atoms with Crippen LogP contribution in [0, 0.1) is 64.1 Å². The zero-order chi connectivity index (χ0) is 29.1. The first-order valence-electron chi connectivity index (χ1n) is 15.1. The van der Waals surface area contributed by atoms with E-state index in [1.54, 1.807) is 6.92 Å². The van der Waals surface area contributed by atoms with Crippen LogP contribution in [0.2, 0.25) is 0 Å². The molecule has 1 N–H and O–H groups in total. The summed E-state index contributed by atoms with van der Waals surface area (Å²) in [6, 6.07) is 0. The van der Waals surface area contributed by atoms with Crippen LogP contribution in [-0.4, -0.2) is 54.2 Å². The molecule has 1 aliphatic heterocycles. The van der Waals surface area contributed by atoms with E-state index in [9.17, 15) is 24.3 Å². The summed E-state index contributed by atoms with van der Waals surface area (Å²) in [5, 5.41) is 11.6. The van der Waals surface area contributed by atoms with E-state index in [1.165, 1.54) is 19.6 Å². The van der Waals surface area contributed by atoms with Crippen LogP contribution in [0.15, 0.2) is 33.9 Å². The van der Waals surface area contributed by atoms with Gasteiger partial charge in [0.05, 0.1) is 13.7 Å². The van der Waals surface area contributed by atoms with E-state index in [0.29, 0.717) is 30.4 Å². The highest BCUT2D eigenvalue weighted by Crippen LogP contribution is 2.82. The van der Waals surface area contributed by atoms with E-state index in [-0.39, 0.29) is 64.0 Å². The maximum atomic E-state index is 14.3. The second kappa shape index (κ2) is 7.61. The fourth-order valence-electron chi connectivity index (χ4n) is 11.7. The first-order chi connectivity index (χ1) is 19.3. The molecule has 41 heavy (non-hydrogen) atoms. The summed E-state index contributed by atoms with van der Waals surface area (Å²) in [7, 11) is 1.30. The lowest BCUT2D eigenvalue weighted by Gasteiger charge is -2.63. The summed E-state index contributed by atoms with van der Waals surface area (Å²) in [5.41, 5.74) is 1.19. The largest absolute Gasteiger partial charge is 0.466 e. The summed E-state index contributed by atoms with van der Waals surface area (Å²) in [6.45, 7) is 9.61. The first kappa shape index (κ1) is 25.9. The normalized spacial score (nSPS) is 52.2. The molecule has 0 aromatic heterocycles. The second-order valence-electron chi connectivity index (χ2n) is 14.6. The maximum Gasteiger partial charge on any atom is 0.334 e. The standard InChI is InChI=1S/C33H38O8/c1-12-19-10-22-18(11-40-14(3)34)16-8-20(16)31(22,4)23-9-17-15-7-21(15)32(5)25(17)26(33(19,23)41-30(12)38)24(27(35)28(32)36)13(2)29(37)39-6/h9,15-16,18,20-23,25-26,28,36H,7-8,10-11H2,1-6H3/b24-13-/t15-,16-,18-,20-,21-,22+,23+,25?,26+,28+,31+,32+,33+/m1/s1. The Morgan fingerprint density at radius 3 is 2.49 bits per heavy atom. The Balaban J connectivity index is 1.40. The predicted octanol–water partition coefficient (Wildman–Crippen LogP) is 3.33. The van der Waals surface area contributed by atoms with Gasteiger partial charge in [0.25, 0.3) is 0 Å². The molecule has 8 heteroatoms. The van der Waals surface area contributed by atoms with Gasteiger partial charge in [-0.2, -0.15) is 0 Å². The van der Waals surface area contributed by atoms with Crippen molar-refractivity contribution in [2.24, 2.45) is 64.1 Å². The summed E-state index contributed by atoms with van der Waals surface area (Å²) in [4.78, 5) is 52.7. The van der Waals surface area contributed by atoms with Crippen molar-refractivity contribution in [1.82, 2.24) is 0 Å². The number of Topliss-reactive ketones (excluding diaryl/α,β-unsaturated/α-hetero) is 1. The fourth-order valence-corrected chi connectivity index (χ4v) is 11.7. The zero-order valence-electron chi connectivity index (χ0n) is 24.5. The van der Waals surface area contributed by atoms with Gasteiger partial charge in [-0.05, 0) is 85.5 Å². The quantitative estimate of drug-likeness (QED) is 0.241. The average molecular weight is 563 g/mol. The van der Waals surface area contributed by atoms with Gasteiger partial charge < -0.3 is 19.3 Å². The van der Waals surface area contributed by atoms with Crippen molar-refractivity contribution in [2.45, 2.75) is 65.6 Å². The van der Waals surface area contributed by atoms with Crippen LogP contribution in [0.25, 0.3) is 0 Å². The van der Waals surface area contributed by atoms with Gasteiger partial charge in [-0.15, -0.1) is 0 Å². The third-order valence-electron chi connectivity index (χ3n) is 13.5. The molecule has 0 bridgehead atoms. The number of carbonyl (C=O) groups excluding carboxylic acids is 4. The van der Waals surface area contributed by atoms with Crippen LogP contribution in [-0.2, 0) is 33.4 Å². The lowest BCUT2D eigenvalue weighted by Crippen LogP contribution is -2.67. The van der Waals surface area contributed by atoms with Gasteiger partial charge in [0, 0.05) is 40.9 Å². The number of hydrogen-bond acceptors (Lipinski definition) is 8. The molecule has 8 aliphatic rings. The molecule has 0 aromatic rings. The number of methoxy groups -OCH3 is 1. The highest BCUT2D eigenvalue weighted by molar-refractivity contribution is 6.08. The number of esters is 3. The molecule has 1 heterocycles. The SMILES string of the molecule is COC(=O)/C(C)=C1\C(=O)[C@H](O)[C@]2(C)C3C(=C[C@@H]4[C@]5(OC(=O)C(C)=C5C[C@H]5[C@H](COC(C)=O)[C@H]6C[C@H]6[C@]45C)[C@@H]13)[C@H]1C[C@H]12. The topological polar surface area (TPSA) is 116 Å². The molecule has 218 valence electrons. The van der Waals surface area contributed by atoms with Crippen molar-refractivity contribution in [1.29, 1.82) is 0 Å². The summed E-state index contributed by atoms with van der Waals surface area (Å²) < 4.78 is 17.3. The van der Waals surface area contributed by atoms with E-state index in [2.05, 4.69) is 13.0 Å². The molecule has 8 nitrogen and oxygen atoms in total. The third kappa shape index (κ3) is 2.69. The van der Waals surface area contributed by atoms with Gasteiger partial charge in [-0.3, -0.25) is 9.59 Å². The van der Waals surface area contributed by atoms with Crippen LogP contribution >= 0.6 is 0 Å². The van der Waals surface area contributed by atoms with Crippen molar-refractivity contribution >= 4 is 23.7 Å². The smallest absolute Gasteiger partial charge is 0.334 e. The van der Waals surface area contributed by atoms with Crippen molar-refractivity contribution < 1.29 is 38.5 Å². The summed E-state index contributed by atoms with van der Waals surface area (Å²) in [6.07, 6.45) is 3.76. The van der Waals surface area contributed by atoms with Gasteiger partial charge in [-0.25, -0.2) is 9.59 Å². The molecule has 6 saturated carbocycles. The van der Waals surface area contributed by atoms with E-state index >= 15 is 0 Å². The molecule has 1 unspecified atom stereocenters. The Morgan fingerprint density at radius 1 is 1.07 bits per heavy atom. The lowest BCUT2D eigenvalue weighted by molar-refractivity contribution is -0.186. The van der Waals surface area contributed by atoms with E-state index in [4.69, 9.17) is 14.2 Å². The molecular formula is C33H38O8. The maximum absolute atomic E-state index is 14.3. The Kier molecular flexibility index (Phi) is 4.81. The monoisotopic (exact) mass is 562 g/mol. The molecule has 8 rings (SSSR count). The molecule has 0 aromatic carbocycles. The van der Waals surface area contributed by atoms with Crippen LogP contribution < -0.4 is 0 Å². The van der Waals surface area contributed by atoms with E-state index < -0.39 is 34.8 Å². The average Bonchev–Trinajstić information content (AvgIpc) is 3.84. The number of hydrogen-bond donors (Lipinski definition) is 1. The summed E-state index contributed by atoms with van der Waals surface area (Å²) >= 11 is 0. The minimum Gasteiger partial charge on any atom is -0.466 e. The number of aliphatic hydroxyl groups is 1. The number of rotatable bonds is 3. The minimum atomic E-state index is -1.24. The number of aliphatic hydroxyl groups excluding tert-OH is 1. The molecule has 0 radical (unpaired) electrons. The van der Waals surface area contributed by atoms with Crippen molar-refractivity contribution in [3.63, 3.8) is 0 Å². The van der Waals surface area contributed by atoms with Crippen molar-refractivity contribution in [3.8, 4) is 0 Å². The Morgan fingerprint density at radius 2 is 1.80 bits per heavy atom. The van der Waals surface area contributed by atoms with Gasteiger partial charge >= 0.3 is 17.9 Å². The van der Waals surface area contributed by atoms with Gasteiger partial charge in [0.1, 0.15) is 11.7 Å². The molecular weight excluding hydrogens is 524 g/mol. The van der Waals surface area contributed by atoms with Crippen LogP contribution in [0.5, 0.6) is 0 Å². The molecule has 1 spiro atoms. The molecule has 7 aliphatic carbocycles. The predicted molar refractivity (Wildman–Crippen MR) is 143 cm³/mol. The Labute approximate surface area is 239 Å². The second-order valence-corrected chi connectivity index (χ2v) is 14.6. The number of carbonyl (C=O) groups is 4. The number of fused-ring (bicyclic) bond motifs is 7. The van der Waals surface area contributed by atoms with Crippen molar-refractivity contribution in [3.05, 3.63) is 33.9 Å². The Hall–Kier alpha value is -2.74. The van der Waals surface area contributed by atoms with Gasteiger partial charge in [-0.1, -0.05) is 25.5 Å². The molecule has 0 saturated heterocycles. The number of ether oxygens (including phenoxy) is 3. The molecule has 13 atom stereocenters. The van der Waals surface area contributed by atoms with Gasteiger partial charge in [0.2, 0.25) is 0 Å². The number of ketones is 1. The first-order valence-corrected chi connectivity index (χ1v) is 15.1. The van der Waals surface area contributed by atoms with E-state index in [0.717, 1.165) is 18.4 Å². The van der Waals surface area contributed by atoms with Crippen LogP contribution in [0.3, 0.4) is 0 Å². The fraction of sp³-hybridized carbons (Fsp3) is 0.697. The van der Waals surface area contributed by atoms with Crippen LogP contribution in [0.4, 0.5) is 0 Å². The van der Waals surface area contributed by atoms with Gasteiger partial charge in [0.15, 0.2) is 5.78 Å². The third-order valence-corrected chi connectivity index (χ3v) is 13.5. The number of allylic oxidation sites excluding steroid dienone is 1. The highest BCUT2D eigenvalue weighted by atomic mass is 16.6. The van der Waals surface area contributed by atoms with E-state index in [1.807, 2.05) is 13.8 Å². The zero-order valence-corrected chi connectivity index (χ0v) is 24.5. The molecule has 0 amide bonds. The highest BCUT2D eigenvalue weighted by Gasteiger charge is 2.82.